The van der Waals surface area contributed by atoms with Crippen molar-refractivity contribution in [2.75, 3.05) is 20.8 Å². The lowest BCUT2D eigenvalue weighted by molar-refractivity contribution is 0.141. The first-order valence-electron chi connectivity index (χ1n) is 5.14. The highest BCUT2D eigenvalue weighted by molar-refractivity contribution is 6.41. The lowest BCUT2D eigenvalue weighted by atomic mass is 10.0. The van der Waals surface area contributed by atoms with Crippen LogP contribution in [0.25, 0.3) is 0 Å². The van der Waals surface area contributed by atoms with Crippen molar-refractivity contribution in [2.45, 2.75) is 38.6 Å². The predicted octanol–water partition coefficient (Wildman–Crippen LogP) is 1.26. The van der Waals surface area contributed by atoms with Gasteiger partial charge in [0.2, 0.25) is 0 Å². The predicted molar refractivity (Wildman–Crippen MR) is 55.8 cm³/mol. The van der Waals surface area contributed by atoms with Gasteiger partial charge in [-0.1, -0.05) is 13.3 Å². The zero-order valence-corrected chi connectivity index (χ0v) is 10.1. The van der Waals surface area contributed by atoms with Crippen LogP contribution in [-0.4, -0.2) is 40.8 Å². The molecule has 0 N–H and O–H groups in total. The Kier molecular flexibility index (Phi) is 4.94. The molecule has 1 atom stereocenters. The quantitative estimate of drug-likeness (QED) is 0.642. The van der Waals surface area contributed by atoms with Gasteiger partial charge in [0, 0.05) is 20.3 Å². The standard InChI is InChI=1S/C9H21NO2Si/c1-4-9-7-5-6-8-10(9)13(11-2)12-3/h9,13H,4-8H2,1-3H3. The Hall–Kier alpha value is 0.0969. The van der Waals surface area contributed by atoms with Crippen LogP contribution >= 0.6 is 0 Å². The Morgan fingerprint density at radius 1 is 1.31 bits per heavy atom. The minimum absolute atomic E-state index is 0.699. The van der Waals surface area contributed by atoms with E-state index in [9.17, 15) is 0 Å². The fraction of sp³-hybridized carbons (Fsp3) is 1.00. The molecule has 4 heteroatoms. The first-order valence-corrected chi connectivity index (χ1v) is 6.60. The Labute approximate surface area is 82.9 Å². The SMILES string of the molecule is CCC1CCCCN1[SiH](OC)OC. The zero-order chi connectivity index (χ0) is 9.68. The van der Waals surface area contributed by atoms with E-state index < -0.39 is 9.45 Å². The van der Waals surface area contributed by atoms with E-state index in [4.69, 9.17) is 8.85 Å². The molecule has 0 aromatic carbocycles. The van der Waals surface area contributed by atoms with Crippen molar-refractivity contribution >= 4 is 9.45 Å². The Bertz CT molecular complexity index is 134. The average Bonchev–Trinajstić information content (AvgIpc) is 2.20. The number of rotatable bonds is 4. The highest BCUT2D eigenvalue weighted by Gasteiger charge is 2.29. The van der Waals surface area contributed by atoms with Gasteiger partial charge in [-0.15, -0.1) is 0 Å². The number of piperidine rings is 1. The van der Waals surface area contributed by atoms with Crippen LogP contribution < -0.4 is 0 Å². The molecule has 0 saturated carbocycles. The van der Waals surface area contributed by atoms with Crippen LogP contribution in [0.2, 0.25) is 0 Å². The average molecular weight is 203 g/mol. The molecule has 13 heavy (non-hydrogen) atoms. The van der Waals surface area contributed by atoms with Gasteiger partial charge in [-0.3, -0.25) is 4.57 Å². The lowest BCUT2D eigenvalue weighted by Crippen LogP contribution is -2.51. The van der Waals surface area contributed by atoms with Gasteiger partial charge in [-0.05, 0) is 25.8 Å². The molecule has 1 fully saturated rings. The highest BCUT2D eigenvalue weighted by Crippen LogP contribution is 2.20. The van der Waals surface area contributed by atoms with Crippen LogP contribution in [0, 0.1) is 0 Å². The maximum atomic E-state index is 5.41. The van der Waals surface area contributed by atoms with E-state index in [1.165, 1.54) is 25.7 Å². The molecule has 0 bridgehead atoms. The minimum atomic E-state index is -1.52. The van der Waals surface area contributed by atoms with Crippen LogP contribution in [0.15, 0.2) is 0 Å². The van der Waals surface area contributed by atoms with Crippen molar-refractivity contribution in [3.05, 3.63) is 0 Å². The van der Waals surface area contributed by atoms with E-state index in [1.54, 1.807) is 14.2 Å². The Morgan fingerprint density at radius 3 is 2.54 bits per heavy atom. The minimum Gasteiger partial charge on any atom is -0.388 e. The number of hydrogen-bond acceptors (Lipinski definition) is 3. The van der Waals surface area contributed by atoms with Gasteiger partial charge in [-0.2, -0.15) is 0 Å². The summed E-state index contributed by atoms with van der Waals surface area (Å²) in [6.07, 6.45) is 5.19. The van der Waals surface area contributed by atoms with Crippen molar-refractivity contribution in [3.8, 4) is 0 Å². The largest absolute Gasteiger partial charge is 0.410 e. The molecule has 1 saturated heterocycles. The van der Waals surface area contributed by atoms with Crippen LogP contribution in [0.5, 0.6) is 0 Å². The highest BCUT2D eigenvalue weighted by atomic mass is 28.3. The van der Waals surface area contributed by atoms with Gasteiger partial charge in [-0.25, -0.2) is 0 Å². The molecule has 0 spiro atoms. The molecule has 78 valence electrons. The number of nitrogens with zero attached hydrogens (tertiary/aromatic N) is 1. The Morgan fingerprint density at radius 2 is 2.00 bits per heavy atom. The molecule has 0 aromatic rings. The second-order valence-electron chi connectivity index (χ2n) is 3.57. The molecule has 1 unspecified atom stereocenters. The summed E-state index contributed by atoms with van der Waals surface area (Å²) < 4.78 is 13.3. The summed E-state index contributed by atoms with van der Waals surface area (Å²) in [6, 6.07) is 0.699. The molecular weight excluding hydrogens is 182 g/mol. The third-order valence-electron chi connectivity index (χ3n) is 2.82. The molecule has 0 aromatic heterocycles. The zero-order valence-electron chi connectivity index (χ0n) is 8.95. The van der Waals surface area contributed by atoms with Gasteiger partial charge in [0.15, 0.2) is 0 Å². The van der Waals surface area contributed by atoms with E-state index >= 15 is 0 Å². The molecule has 0 amide bonds. The first kappa shape index (κ1) is 11.2. The molecule has 0 aliphatic carbocycles. The second kappa shape index (κ2) is 5.75. The van der Waals surface area contributed by atoms with Crippen molar-refractivity contribution in [1.82, 2.24) is 4.57 Å². The summed E-state index contributed by atoms with van der Waals surface area (Å²) in [6.45, 7) is 3.41. The summed E-state index contributed by atoms with van der Waals surface area (Å²) in [5, 5.41) is 0. The summed E-state index contributed by atoms with van der Waals surface area (Å²) in [4.78, 5) is 0. The summed E-state index contributed by atoms with van der Waals surface area (Å²) in [7, 11) is 2.02. The number of hydrogen-bond donors (Lipinski definition) is 0. The monoisotopic (exact) mass is 203 g/mol. The topological polar surface area (TPSA) is 21.7 Å². The molecule has 1 rings (SSSR count). The normalized spacial score (nSPS) is 25.4. The summed E-state index contributed by atoms with van der Waals surface area (Å²) in [5.74, 6) is 0. The fourth-order valence-corrected chi connectivity index (χ4v) is 3.94. The molecule has 3 nitrogen and oxygen atoms in total. The maximum absolute atomic E-state index is 5.41. The van der Waals surface area contributed by atoms with Crippen molar-refractivity contribution in [1.29, 1.82) is 0 Å². The van der Waals surface area contributed by atoms with Gasteiger partial charge < -0.3 is 8.85 Å². The summed E-state index contributed by atoms with van der Waals surface area (Å²) >= 11 is 0. The van der Waals surface area contributed by atoms with E-state index in [0.717, 1.165) is 6.54 Å². The molecule has 1 aliphatic heterocycles. The third-order valence-corrected chi connectivity index (χ3v) is 4.85. The van der Waals surface area contributed by atoms with E-state index in [-0.39, 0.29) is 0 Å². The Balaban J connectivity index is 2.51. The van der Waals surface area contributed by atoms with Crippen LogP contribution in [0.1, 0.15) is 32.6 Å². The lowest BCUT2D eigenvalue weighted by Gasteiger charge is -2.37. The van der Waals surface area contributed by atoms with Crippen molar-refractivity contribution in [3.63, 3.8) is 0 Å². The van der Waals surface area contributed by atoms with E-state index in [2.05, 4.69) is 11.5 Å². The van der Waals surface area contributed by atoms with Gasteiger partial charge in [0.05, 0.1) is 0 Å². The van der Waals surface area contributed by atoms with Crippen molar-refractivity contribution < 1.29 is 8.85 Å². The van der Waals surface area contributed by atoms with Crippen LogP contribution in [-0.2, 0) is 8.85 Å². The van der Waals surface area contributed by atoms with Gasteiger partial charge >= 0.3 is 9.45 Å². The maximum Gasteiger partial charge on any atom is 0.410 e. The van der Waals surface area contributed by atoms with Gasteiger partial charge in [0.1, 0.15) is 0 Å². The molecule has 0 radical (unpaired) electrons. The first-order chi connectivity index (χ1) is 6.33. The van der Waals surface area contributed by atoms with E-state index in [1.807, 2.05) is 0 Å². The van der Waals surface area contributed by atoms with E-state index in [0.29, 0.717) is 6.04 Å². The smallest absolute Gasteiger partial charge is 0.388 e. The second-order valence-corrected chi connectivity index (χ2v) is 5.79. The molecular formula is C9H21NO2Si. The molecule has 1 heterocycles. The third kappa shape index (κ3) is 2.77. The fourth-order valence-electron chi connectivity index (χ4n) is 2.11. The van der Waals surface area contributed by atoms with Crippen LogP contribution in [0.3, 0.4) is 0 Å². The molecule has 1 aliphatic rings. The van der Waals surface area contributed by atoms with Gasteiger partial charge in [0.25, 0.3) is 0 Å². The van der Waals surface area contributed by atoms with Crippen molar-refractivity contribution in [2.24, 2.45) is 0 Å². The summed E-state index contributed by atoms with van der Waals surface area (Å²) in [5.41, 5.74) is 0. The van der Waals surface area contributed by atoms with Crippen LogP contribution in [0.4, 0.5) is 0 Å².